The van der Waals surface area contributed by atoms with Crippen LogP contribution in [0.4, 0.5) is 22.7 Å². The Kier molecular flexibility index (Phi) is 4.45. The molecule has 23 heavy (non-hydrogen) atoms. The fourth-order valence-electron chi connectivity index (χ4n) is 1.88. The minimum absolute atomic E-state index is 0.0541. The van der Waals surface area contributed by atoms with E-state index in [1.807, 2.05) is 0 Å². The zero-order valence-electron chi connectivity index (χ0n) is 11.5. The van der Waals surface area contributed by atoms with Crippen LogP contribution in [0.1, 0.15) is 5.56 Å². The van der Waals surface area contributed by atoms with E-state index in [4.69, 9.17) is 0 Å². The smallest absolute Gasteiger partial charge is 0.346 e. The lowest BCUT2D eigenvalue weighted by Crippen LogP contribution is -2.02. The van der Waals surface area contributed by atoms with Crippen LogP contribution in [0, 0.1) is 30.3 Å². The Hall–Kier alpha value is -3.56. The van der Waals surface area contributed by atoms with E-state index in [-0.39, 0.29) is 12.2 Å². The van der Waals surface area contributed by atoms with Gasteiger partial charge in [-0.25, -0.2) is 0 Å². The van der Waals surface area contributed by atoms with Gasteiger partial charge in [0.25, 0.3) is 5.69 Å². The van der Waals surface area contributed by atoms with Gasteiger partial charge in [-0.2, -0.15) is 0 Å². The summed E-state index contributed by atoms with van der Waals surface area (Å²) < 4.78 is 0. The van der Waals surface area contributed by atoms with Gasteiger partial charge in [0.15, 0.2) is 0 Å². The van der Waals surface area contributed by atoms with E-state index in [1.54, 1.807) is 0 Å². The van der Waals surface area contributed by atoms with E-state index in [9.17, 15) is 30.3 Å². The second kappa shape index (κ2) is 6.47. The maximum absolute atomic E-state index is 10.9. The predicted octanol–water partition coefficient (Wildman–Crippen LogP) is 3.02. The summed E-state index contributed by atoms with van der Waals surface area (Å²) in [7, 11) is 0. The number of nitrogens with zero attached hydrogens (tertiary/aromatic N) is 3. The van der Waals surface area contributed by atoms with Crippen molar-refractivity contribution in [1.29, 1.82) is 0 Å². The molecular weight excluding hydrogens is 308 g/mol. The van der Waals surface area contributed by atoms with Crippen LogP contribution in [0.2, 0.25) is 0 Å². The molecule has 0 spiro atoms. The molecule has 2 rings (SSSR count). The lowest BCUT2D eigenvalue weighted by atomic mass is 10.1. The number of anilines is 1. The summed E-state index contributed by atoms with van der Waals surface area (Å²) in [6.07, 6.45) is 0. The van der Waals surface area contributed by atoms with Gasteiger partial charge in [-0.1, -0.05) is 0 Å². The fraction of sp³-hybridized carbons (Fsp3) is 0.0769. The molecule has 0 amide bonds. The molecule has 0 bridgehead atoms. The van der Waals surface area contributed by atoms with Gasteiger partial charge in [-0.3, -0.25) is 30.3 Å². The number of nitrogens with one attached hydrogen (secondary N) is 1. The molecule has 0 aliphatic rings. The van der Waals surface area contributed by atoms with Crippen molar-refractivity contribution in [2.45, 2.75) is 6.54 Å². The van der Waals surface area contributed by atoms with Crippen molar-refractivity contribution < 1.29 is 14.8 Å². The highest BCUT2D eigenvalue weighted by atomic mass is 16.6. The zero-order chi connectivity index (χ0) is 17.0. The summed E-state index contributed by atoms with van der Waals surface area (Å²) in [6, 6.07) is 9.24. The quantitative estimate of drug-likeness (QED) is 0.637. The Morgan fingerprint density at radius 3 is 1.91 bits per heavy atom. The maximum atomic E-state index is 10.9. The first-order valence-corrected chi connectivity index (χ1v) is 6.28. The highest BCUT2D eigenvalue weighted by molar-refractivity contribution is 5.55. The molecule has 1 N–H and O–H groups in total. The molecule has 2 aromatic carbocycles. The molecule has 118 valence electrons. The molecule has 0 saturated carbocycles. The van der Waals surface area contributed by atoms with Crippen LogP contribution < -0.4 is 5.32 Å². The molecule has 0 unspecified atom stereocenters. The molecule has 0 saturated heterocycles. The number of nitro groups is 3. The lowest BCUT2D eigenvalue weighted by Gasteiger charge is -2.06. The van der Waals surface area contributed by atoms with Gasteiger partial charge in [0.1, 0.15) is 0 Å². The first kappa shape index (κ1) is 15.8. The molecule has 0 aromatic heterocycles. The highest BCUT2D eigenvalue weighted by Crippen LogP contribution is 2.27. The van der Waals surface area contributed by atoms with Gasteiger partial charge >= 0.3 is 11.4 Å². The second-order valence-corrected chi connectivity index (χ2v) is 4.49. The Balaban J connectivity index is 2.14. The van der Waals surface area contributed by atoms with Crippen molar-refractivity contribution in [2.75, 3.05) is 5.32 Å². The zero-order valence-corrected chi connectivity index (χ0v) is 11.5. The fourth-order valence-corrected chi connectivity index (χ4v) is 1.88. The molecular formula is C13H10N4O6. The molecule has 0 fully saturated rings. The third kappa shape index (κ3) is 3.75. The Labute approximate surface area is 128 Å². The van der Waals surface area contributed by atoms with Gasteiger partial charge in [-0.15, -0.1) is 0 Å². The third-order valence-electron chi connectivity index (χ3n) is 3.01. The summed E-state index contributed by atoms with van der Waals surface area (Å²) in [4.78, 5) is 30.0. The molecule has 0 heterocycles. The maximum Gasteiger partial charge on any atom is 0.346 e. The van der Waals surface area contributed by atoms with E-state index in [1.165, 1.54) is 30.3 Å². The molecule has 10 nitrogen and oxygen atoms in total. The van der Waals surface area contributed by atoms with Crippen molar-refractivity contribution in [1.82, 2.24) is 0 Å². The first-order chi connectivity index (χ1) is 10.9. The topological polar surface area (TPSA) is 141 Å². The number of hydrogen-bond donors (Lipinski definition) is 1. The van der Waals surface area contributed by atoms with Crippen LogP contribution in [0.3, 0.4) is 0 Å². The first-order valence-electron chi connectivity index (χ1n) is 6.28. The second-order valence-electron chi connectivity index (χ2n) is 4.49. The van der Waals surface area contributed by atoms with Crippen molar-refractivity contribution in [3.8, 4) is 0 Å². The number of hydrogen-bond acceptors (Lipinski definition) is 7. The molecule has 0 atom stereocenters. The minimum atomic E-state index is -0.814. The lowest BCUT2D eigenvalue weighted by molar-refractivity contribution is -0.422. The van der Waals surface area contributed by atoms with Crippen molar-refractivity contribution in [2.24, 2.45) is 0 Å². The van der Waals surface area contributed by atoms with Gasteiger partial charge in [0.2, 0.25) is 0 Å². The van der Waals surface area contributed by atoms with Crippen LogP contribution in [0.5, 0.6) is 0 Å². The molecule has 0 aliphatic heterocycles. The van der Waals surface area contributed by atoms with E-state index in [0.717, 1.165) is 12.1 Å². The largest absolute Gasteiger partial charge is 0.381 e. The van der Waals surface area contributed by atoms with Crippen LogP contribution in [0.25, 0.3) is 0 Å². The van der Waals surface area contributed by atoms with E-state index < -0.39 is 26.1 Å². The normalized spacial score (nSPS) is 10.1. The van der Waals surface area contributed by atoms with Crippen molar-refractivity contribution in [3.05, 3.63) is 78.4 Å². The monoisotopic (exact) mass is 318 g/mol. The van der Waals surface area contributed by atoms with E-state index in [0.29, 0.717) is 11.3 Å². The van der Waals surface area contributed by atoms with Crippen LogP contribution in [-0.2, 0) is 6.54 Å². The van der Waals surface area contributed by atoms with E-state index >= 15 is 0 Å². The number of nitro benzene ring substituents is 3. The summed E-state index contributed by atoms with van der Waals surface area (Å²) in [5.41, 5.74) is -0.161. The predicted molar refractivity (Wildman–Crippen MR) is 80.2 cm³/mol. The van der Waals surface area contributed by atoms with E-state index in [2.05, 4.69) is 5.32 Å². The van der Waals surface area contributed by atoms with Crippen LogP contribution in [0.15, 0.2) is 42.5 Å². The summed E-state index contributed by atoms with van der Waals surface area (Å²) in [6.45, 7) is 0.177. The molecule has 2 aromatic rings. The summed E-state index contributed by atoms with van der Waals surface area (Å²) >= 11 is 0. The Morgan fingerprint density at radius 1 is 0.783 bits per heavy atom. The summed E-state index contributed by atoms with van der Waals surface area (Å²) in [5.74, 6) is 0. The molecule has 0 aliphatic carbocycles. The minimum Gasteiger partial charge on any atom is -0.381 e. The number of non-ortho nitro benzene ring substituents is 1. The van der Waals surface area contributed by atoms with Crippen LogP contribution >= 0.6 is 0 Å². The van der Waals surface area contributed by atoms with Crippen LogP contribution in [-0.4, -0.2) is 14.8 Å². The van der Waals surface area contributed by atoms with Crippen molar-refractivity contribution >= 4 is 22.7 Å². The SMILES string of the molecule is O=[N+]([O-])c1ccc(NCc2ccc([N+](=O)[O-])c([N+](=O)[O-])c2)cc1. The Bertz CT molecular complexity index is 775. The Morgan fingerprint density at radius 2 is 1.39 bits per heavy atom. The van der Waals surface area contributed by atoms with Gasteiger partial charge in [-0.05, 0) is 23.8 Å². The number of rotatable bonds is 6. The van der Waals surface area contributed by atoms with Crippen molar-refractivity contribution in [3.63, 3.8) is 0 Å². The third-order valence-corrected chi connectivity index (χ3v) is 3.01. The average Bonchev–Trinajstić information content (AvgIpc) is 2.52. The average molecular weight is 318 g/mol. The molecule has 10 heteroatoms. The van der Waals surface area contributed by atoms with Gasteiger partial charge in [0, 0.05) is 36.5 Å². The van der Waals surface area contributed by atoms with Gasteiger partial charge < -0.3 is 5.32 Å². The highest BCUT2D eigenvalue weighted by Gasteiger charge is 2.23. The standard InChI is InChI=1S/C13H10N4O6/c18-15(19)11-4-2-10(3-5-11)14-8-9-1-6-12(16(20)21)13(7-9)17(22)23/h1-7,14H,8H2. The molecule has 0 radical (unpaired) electrons. The summed E-state index contributed by atoms with van der Waals surface area (Å²) in [5, 5.41) is 35.1. The van der Waals surface area contributed by atoms with Gasteiger partial charge in [0.05, 0.1) is 14.8 Å². The number of benzene rings is 2.